The number of carboxylic acids is 1. The van der Waals surface area contributed by atoms with Gasteiger partial charge in [0.1, 0.15) is 5.75 Å². The Bertz CT molecular complexity index is 1520. The number of pyridine rings is 1. The maximum atomic E-state index is 14.6. The highest BCUT2D eigenvalue weighted by atomic mass is 19.4. The molecule has 0 bridgehead atoms. The molecule has 218 valence electrons. The van der Waals surface area contributed by atoms with Crippen LogP contribution in [0.2, 0.25) is 0 Å². The zero-order valence-electron chi connectivity index (χ0n) is 23.4. The van der Waals surface area contributed by atoms with Gasteiger partial charge in [0.25, 0.3) is 5.56 Å². The maximum Gasteiger partial charge on any atom is 0.416 e. The highest BCUT2D eigenvalue weighted by molar-refractivity contribution is 5.90. The molecule has 6 nitrogen and oxygen atoms in total. The van der Waals surface area contributed by atoms with Gasteiger partial charge in [-0.05, 0) is 104 Å². The molecule has 1 aliphatic heterocycles. The molecular formula is C32H34F3NO5. The number of aliphatic carboxylic acids is 1. The van der Waals surface area contributed by atoms with Gasteiger partial charge in [-0.2, -0.15) is 13.2 Å². The topological polar surface area (TPSA) is 77.8 Å². The minimum absolute atomic E-state index is 0.110. The van der Waals surface area contributed by atoms with Crippen LogP contribution in [0.5, 0.6) is 5.75 Å². The average molecular weight is 570 g/mol. The van der Waals surface area contributed by atoms with E-state index in [0.29, 0.717) is 47.9 Å². The maximum absolute atomic E-state index is 14.6. The molecule has 2 aromatic carbocycles. The van der Waals surface area contributed by atoms with E-state index in [1.807, 2.05) is 0 Å². The standard InChI is InChI=1S/C32H34F3NO5/c1-31(2,3)41-29(30(38)39)28-24(32(33,34)35)12-11-23(22-10-14-26(37)36(18-22)17-19-6-4-7-19)27(28)21-9-13-25-20(16-21)8-5-15-40-25/h9-14,16,18-19,29H,4-8,15,17H2,1-3H3,(H,38,39). The number of carbonyl (C=O) groups is 1. The van der Waals surface area contributed by atoms with E-state index < -0.39 is 35.0 Å². The second-order valence-corrected chi connectivity index (χ2v) is 11.9. The Kier molecular flexibility index (Phi) is 7.76. The Morgan fingerprint density at radius 1 is 1.07 bits per heavy atom. The summed E-state index contributed by atoms with van der Waals surface area (Å²) in [5.74, 6) is -0.493. The predicted molar refractivity (Wildman–Crippen MR) is 149 cm³/mol. The second-order valence-electron chi connectivity index (χ2n) is 11.9. The minimum atomic E-state index is -4.85. The van der Waals surface area contributed by atoms with Gasteiger partial charge in [-0.1, -0.05) is 18.6 Å². The van der Waals surface area contributed by atoms with Crippen molar-refractivity contribution in [2.24, 2.45) is 5.92 Å². The molecule has 1 aliphatic carbocycles. The summed E-state index contributed by atoms with van der Waals surface area (Å²) >= 11 is 0. The van der Waals surface area contributed by atoms with Crippen LogP contribution in [0.15, 0.2) is 53.5 Å². The molecule has 9 heteroatoms. The first kappa shape index (κ1) is 28.9. The van der Waals surface area contributed by atoms with Crippen LogP contribution in [0, 0.1) is 5.92 Å². The molecule has 1 N–H and O–H groups in total. The summed E-state index contributed by atoms with van der Waals surface area (Å²) in [6, 6.07) is 10.4. The first-order chi connectivity index (χ1) is 19.3. The minimum Gasteiger partial charge on any atom is -0.493 e. The van der Waals surface area contributed by atoms with Crippen LogP contribution < -0.4 is 10.3 Å². The number of ether oxygens (including phenoxy) is 2. The Hall–Kier alpha value is -3.59. The number of aromatic nitrogens is 1. The van der Waals surface area contributed by atoms with E-state index in [0.717, 1.165) is 37.3 Å². The Morgan fingerprint density at radius 2 is 1.80 bits per heavy atom. The molecule has 2 heterocycles. The van der Waals surface area contributed by atoms with Gasteiger partial charge in [-0.3, -0.25) is 4.79 Å². The Balaban J connectivity index is 1.81. The largest absolute Gasteiger partial charge is 0.493 e. The molecule has 3 aromatic rings. The van der Waals surface area contributed by atoms with Crippen LogP contribution in [0.1, 0.15) is 69.2 Å². The summed E-state index contributed by atoms with van der Waals surface area (Å²) in [5, 5.41) is 10.3. The van der Waals surface area contributed by atoms with E-state index in [1.165, 1.54) is 12.1 Å². The third-order valence-corrected chi connectivity index (χ3v) is 7.68. The molecule has 1 unspecified atom stereocenters. The number of aryl methyl sites for hydroxylation is 1. The van der Waals surface area contributed by atoms with Crippen LogP contribution in [-0.4, -0.2) is 27.9 Å². The molecule has 1 fully saturated rings. The summed E-state index contributed by atoms with van der Waals surface area (Å²) < 4.78 is 57.0. The fourth-order valence-corrected chi connectivity index (χ4v) is 5.58. The number of rotatable bonds is 7. The number of fused-ring (bicyclic) bond motifs is 1. The fraction of sp³-hybridized carbons (Fsp3) is 0.438. The van der Waals surface area contributed by atoms with Crippen molar-refractivity contribution in [3.63, 3.8) is 0 Å². The van der Waals surface area contributed by atoms with Gasteiger partial charge in [-0.15, -0.1) is 0 Å². The van der Waals surface area contributed by atoms with Crippen molar-refractivity contribution in [1.29, 1.82) is 0 Å². The van der Waals surface area contributed by atoms with Gasteiger partial charge < -0.3 is 19.1 Å². The van der Waals surface area contributed by atoms with E-state index in [-0.39, 0.29) is 11.1 Å². The normalized spacial score (nSPS) is 16.4. The number of nitrogens with zero attached hydrogens (tertiary/aromatic N) is 1. The van der Waals surface area contributed by atoms with Crippen molar-refractivity contribution in [3.05, 3.63) is 75.7 Å². The molecule has 1 atom stereocenters. The highest BCUT2D eigenvalue weighted by Crippen LogP contribution is 2.47. The Labute approximate surface area is 236 Å². The van der Waals surface area contributed by atoms with E-state index in [4.69, 9.17) is 9.47 Å². The predicted octanol–water partition coefficient (Wildman–Crippen LogP) is 7.27. The average Bonchev–Trinajstić information content (AvgIpc) is 2.88. The number of alkyl halides is 3. The van der Waals surface area contributed by atoms with E-state index in [9.17, 15) is 27.9 Å². The first-order valence-electron chi connectivity index (χ1n) is 13.9. The van der Waals surface area contributed by atoms with Gasteiger partial charge in [0.2, 0.25) is 0 Å². The molecule has 2 aliphatic rings. The van der Waals surface area contributed by atoms with Gasteiger partial charge in [0.05, 0.1) is 17.8 Å². The van der Waals surface area contributed by atoms with E-state index in [1.54, 1.807) is 55.8 Å². The number of halogens is 3. The van der Waals surface area contributed by atoms with Crippen molar-refractivity contribution < 1.29 is 32.5 Å². The Morgan fingerprint density at radius 3 is 2.44 bits per heavy atom. The van der Waals surface area contributed by atoms with E-state index in [2.05, 4.69) is 0 Å². The van der Waals surface area contributed by atoms with Crippen molar-refractivity contribution in [2.45, 2.75) is 77.3 Å². The van der Waals surface area contributed by atoms with Crippen LogP contribution >= 0.6 is 0 Å². The summed E-state index contributed by atoms with van der Waals surface area (Å²) in [6.07, 6.45) is -0.499. The monoisotopic (exact) mass is 569 g/mol. The van der Waals surface area contributed by atoms with Crippen LogP contribution in [0.25, 0.3) is 22.3 Å². The number of benzene rings is 2. The number of carboxylic acid groups (broad SMARTS) is 1. The fourth-order valence-electron chi connectivity index (χ4n) is 5.58. The quantitative estimate of drug-likeness (QED) is 0.324. The van der Waals surface area contributed by atoms with Crippen LogP contribution in [0.4, 0.5) is 13.2 Å². The van der Waals surface area contributed by atoms with Crippen molar-refractivity contribution in [3.8, 4) is 28.0 Å². The van der Waals surface area contributed by atoms with Gasteiger partial charge in [0.15, 0.2) is 6.10 Å². The first-order valence-corrected chi connectivity index (χ1v) is 13.9. The van der Waals surface area contributed by atoms with Gasteiger partial charge >= 0.3 is 12.1 Å². The molecule has 0 radical (unpaired) electrons. The second kappa shape index (κ2) is 11.0. The summed E-state index contributed by atoms with van der Waals surface area (Å²) in [6.45, 7) is 5.89. The third kappa shape index (κ3) is 6.20. The highest BCUT2D eigenvalue weighted by Gasteiger charge is 2.41. The van der Waals surface area contributed by atoms with Gasteiger partial charge in [0, 0.05) is 24.4 Å². The summed E-state index contributed by atoms with van der Waals surface area (Å²) in [5.41, 5.74) is -0.529. The SMILES string of the molecule is CC(C)(C)OC(C(=O)O)c1c(C(F)(F)F)ccc(-c2ccc(=O)n(CC3CCC3)c2)c1-c1ccc2c(c1)CCCO2. The zero-order valence-corrected chi connectivity index (χ0v) is 23.4. The molecule has 1 aromatic heterocycles. The third-order valence-electron chi connectivity index (χ3n) is 7.68. The summed E-state index contributed by atoms with van der Waals surface area (Å²) in [4.78, 5) is 25.3. The van der Waals surface area contributed by atoms with Gasteiger partial charge in [-0.25, -0.2) is 4.79 Å². The van der Waals surface area contributed by atoms with Crippen LogP contribution in [0.3, 0.4) is 0 Å². The molecule has 41 heavy (non-hydrogen) atoms. The molecule has 5 rings (SSSR count). The summed E-state index contributed by atoms with van der Waals surface area (Å²) in [7, 11) is 0. The number of hydrogen-bond acceptors (Lipinski definition) is 4. The lowest BCUT2D eigenvalue weighted by molar-refractivity contribution is -0.163. The zero-order chi connectivity index (χ0) is 29.5. The van der Waals surface area contributed by atoms with Crippen molar-refractivity contribution >= 4 is 5.97 Å². The molecule has 0 spiro atoms. The smallest absolute Gasteiger partial charge is 0.416 e. The lowest BCUT2D eigenvalue weighted by Gasteiger charge is -2.30. The van der Waals surface area contributed by atoms with Crippen molar-refractivity contribution in [2.75, 3.05) is 6.61 Å². The molecule has 1 saturated carbocycles. The van der Waals surface area contributed by atoms with Crippen LogP contribution in [-0.2, 0) is 28.7 Å². The lowest BCUT2D eigenvalue weighted by Crippen LogP contribution is -2.29. The van der Waals surface area contributed by atoms with Crippen molar-refractivity contribution in [1.82, 2.24) is 4.57 Å². The molecule has 0 saturated heterocycles. The van der Waals surface area contributed by atoms with E-state index >= 15 is 0 Å². The number of hydrogen-bond donors (Lipinski definition) is 1. The molecular weight excluding hydrogens is 535 g/mol. The molecule has 0 amide bonds. The lowest BCUT2D eigenvalue weighted by atomic mass is 9.84.